The largest absolute Gasteiger partial charge is 0.479 e. The maximum atomic E-state index is 8.44. The summed E-state index contributed by atoms with van der Waals surface area (Å²) in [5.41, 5.74) is 1.18. The maximum Gasteiger partial charge on any atom is 0.174 e. The van der Waals surface area contributed by atoms with Crippen LogP contribution in [0.5, 0.6) is 5.75 Å². The Balaban J connectivity index is 1.88. The number of ether oxygens (including phenoxy) is 1. The van der Waals surface area contributed by atoms with Crippen LogP contribution in [0, 0.1) is 11.3 Å². The van der Waals surface area contributed by atoms with Crippen molar-refractivity contribution in [3.63, 3.8) is 0 Å². The summed E-state index contributed by atoms with van der Waals surface area (Å²) >= 11 is 1.65. The van der Waals surface area contributed by atoms with Gasteiger partial charge in [0.2, 0.25) is 0 Å². The van der Waals surface area contributed by atoms with Crippen LogP contribution in [0.25, 0.3) is 0 Å². The van der Waals surface area contributed by atoms with Crippen molar-refractivity contribution < 1.29 is 4.74 Å². The van der Waals surface area contributed by atoms with Crippen LogP contribution in [-0.2, 0) is 6.54 Å². The maximum absolute atomic E-state index is 8.44. The number of aromatic nitrogens is 1. The Morgan fingerprint density at radius 1 is 1.42 bits per heavy atom. The van der Waals surface area contributed by atoms with Crippen LogP contribution in [0.2, 0.25) is 0 Å². The van der Waals surface area contributed by atoms with Crippen LogP contribution in [0.1, 0.15) is 23.5 Å². The highest BCUT2D eigenvalue weighted by Gasteiger charge is 2.06. The first kappa shape index (κ1) is 13.5. The van der Waals surface area contributed by atoms with E-state index in [9.17, 15) is 0 Å². The van der Waals surface area contributed by atoms with Crippen LogP contribution in [0.3, 0.4) is 0 Å². The Morgan fingerprint density at radius 3 is 2.84 bits per heavy atom. The monoisotopic (exact) mass is 273 g/mol. The number of nitrogens with zero attached hydrogens (tertiary/aromatic N) is 2. The second-order valence-corrected chi connectivity index (χ2v) is 5.02. The molecule has 4 nitrogen and oxygen atoms in total. The molecule has 0 amide bonds. The average Bonchev–Trinajstić information content (AvgIpc) is 2.96. The minimum absolute atomic E-state index is 0.0806. The summed E-state index contributed by atoms with van der Waals surface area (Å²) in [7, 11) is 0. The predicted octanol–water partition coefficient (Wildman–Crippen LogP) is 2.90. The Morgan fingerprint density at radius 2 is 2.21 bits per heavy atom. The molecule has 0 aliphatic rings. The lowest BCUT2D eigenvalue weighted by molar-refractivity contribution is 0.368. The fraction of sp³-hybridized carbons (Fsp3) is 0.286. The van der Waals surface area contributed by atoms with E-state index in [1.165, 1.54) is 5.56 Å². The van der Waals surface area contributed by atoms with Gasteiger partial charge in [0, 0.05) is 24.2 Å². The summed E-state index contributed by atoms with van der Waals surface area (Å²) in [6.45, 7) is 2.96. The van der Waals surface area contributed by atoms with Crippen molar-refractivity contribution in [2.75, 3.05) is 6.61 Å². The molecule has 0 aliphatic heterocycles. The van der Waals surface area contributed by atoms with Gasteiger partial charge in [0.1, 0.15) is 16.8 Å². The van der Waals surface area contributed by atoms with Gasteiger partial charge < -0.3 is 10.1 Å². The first-order valence-corrected chi connectivity index (χ1v) is 6.89. The molecule has 0 radical (unpaired) electrons. The van der Waals surface area contributed by atoms with Gasteiger partial charge in [0.15, 0.2) is 6.61 Å². The zero-order chi connectivity index (χ0) is 13.5. The van der Waals surface area contributed by atoms with E-state index in [1.807, 2.05) is 41.9 Å². The van der Waals surface area contributed by atoms with Crippen LogP contribution < -0.4 is 10.1 Å². The average molecular weight is 273 g/mol. The lowest BCUT2D eigenvalue weighted by atomic mass is 10.1. The van der Waals surface area contributed by atoms with Gasteiger partial charge in [-0.05, 0) is 24.6 Å². The Labute approximate surface area is 116 Å². The number of nitrogens with one attached hydrogen (secondary N) is 1. The number of benzene rings is 1. The first-order chi connectivity index (χ1) is 9.29. The number of hydrogen-bond acceptors (Lipinski definition) is 5. The molecule has 0 saturated carbocycles. The van der Waals surface area contributed by atoms with Crippen LogP contribution in [0.4, 0.5) is 0 Å². The molecule has 19 heavy (non-hydrogen) atoms. The van der Waals surface area contributed by atoms with Crippen molar-refractivity contribution in [3.05, 3.63) is 46.4 Å². The van der Waals surface area contributed by atoms with Gasteiger partial charge in [-0.2, -0.15) is 5.26 Å². The molecule has 1 aromatic carbocycles. The fourth-order valence-electron chi connectivity index (χ4n) is 1.67. The highest BCUT2D eigenvalue weighted by molar-refractivity contribution is 7.09. The molecule has 1 atom stereocenters. The SMILES string of the molecule is CC(NCc1nccs1)c1ccc(OCC#N)cc1. The summed E-state index contributed by atoms with van der Waals surface area (Å²) in [5, 5.41) is 14.9. The van der Waals surface area contributed by atoms with E-state index in [-0.39, 0.29) is 12.6 Å². The number of rotatable bonds is 6. The van der Waals surface area contributed by atoms with Crippen LogP contribution in [-0.4, -0.2) is 11.6 Å². The smallest absolute Gasteiger partial charge is 0.174 e. The molecular formula is C14H15N3OS. The molecule has 98 valence electrons. The molecule has 2 aromatic rings. The van der Waals surface area contributed by atoms with Crippen molar-refractivity contribution in [1.82, 2.24) is 10.3 Å². The molecule has 0 fully saturated rings. The van der Waals surface area contributed by atoms with Gasteiger partial charge in [-0.25, -0.2) is 4.98 Å². The van der Waals surface area contributed by atoms with Crippen molar-refractivity contribution in [3.8, 4) is 11.8 Å². The molecule has 5 heteroatoms. The molecule has 0 spiro atoms. The summed E-state index contributed by atoms with van der Waals surface area (Å²) in [6.07, 6.45) is 1.81. The second kappa shape index (κ2) is 6.88. The number of hydrogen-bond donors (Lipinski definition) is 1. The topological polar surface area (TPSA) is 57.9 Å². The predicted molar refractivity (Wildman–Crippen MR) is 74.9 cm³/mol. The van der Waals surface area contributed by atoms with Gasteiger partial charge in [-0.3, -0.25) is 0 Å². The van der Waals surface area contributed by atoms with E-state index >= 15 is 0 Å². The standard InChI is InChI=1S/C14H15N3OS/c1-11(17-10-14-16-7-9-19-14)12-2-4-13(5-3-12)18-8-6-15/h2-5,7,9,11,17H,8,10H2,1H3. The van der Waals surface area contributed by atoms with Gasteiger partial charge in [0.25, 0.3) is 0 Å². The molecule has 2 rings (SSSR count). The molecule has 0 saturated heterocycles. The van der Waals surface area contributed by atoms with Crippen LogP contribution in [0.15, 0.2) is 35.8 Å². The molecular weight excluding hydrogens is 258 g/mol. The minimum atomic E-state index is 0.0806. The normalized spacial score (nSPS) is 11.8. The van der Waals surface area contributed by atoms with E-state index in [1.54, 1.807) is 11.3 Å². The number of thiazole rings is 1. The summed E-state index contributed by atoms with van der Waals surface area (Å²) < 4.78 is 5.22. The second-order valence-electron chi connectivity index (χ2n) is 4.04. The molecule has 1 aromatic heterocycles. The van der Waals surface area contributed by atoms with Crippen molar-refractivity contribution in [2.45, 2.75) is 19.5 Å². The van der Waals surface area contributed by atoms with E-state index in [4.69, 9.17) is 10.00 Å². The van der Waals surface area contributed by atoms with Gasteiger partial charge in [0.05, 0.1) is 0 Å². The zero-order valence-corrected chi connectivity index (χ0v) is 11.5. The van der Waals surface area contributed by atoms with Crippen molar-refractivity contribution in [1.29, 1.82) is 5.26 Å². The lowest BCUT2D eigenvalue weighted by Crippen LogP contribution is -2.17. The van der Waals surface area contributed by atoms with E-state index in [2.05, 4.69) is 17.2 Å². The highest BCUT2D eigenvalue weighted by Crippen LogP contribution is 2.18. The molecule has 1 N–H and O–H groups in total. The Hall–Kier alpha value is -1.90. The van der Waals surface area contributed by atoms with Crippen molar-refractivity contribution in [2.24, 2.45) is 0 Å². The lowest BCUT2D eigenvalue weighted by Gasteiger charge is -2.13. The minimum Gasteiger partial charge on any atom is -0.479 e. The first-order valence-electron chi connectivity index (χ1n) is 6.01. The summed E-state index contributed by atoms with van der Waals surface area (Å²) in [4.78, 5) is 4.24. The van der Waals surface area contributed by atoms with Gasteiger partial charge in [-0.1, -0.05) is 12.1 Å². The third kappa shape index (κ3) is 4.05. The van der Waals surface area contributed by atoms with Crippen LogP contribution >= 0.6 is 11.3 Å². The summed E-state index contributed by atoms with van der Waals surface area (Å²) in [6, 6.07) is 9.97. The third-order valence-corrected chi connectivity index (χ3v) is 3.51. The van der Waals surface area contributed by atoms with E-state index < -0.39 is 0 Å². The third-order valence-electron chi connectivity index (χ3n) is 2.73. The highest BCUT2D eigenvalue weighted by atomic mass is 32.1. The molecule has 0 bridgehead atoms. The molecule has 0 aliphatic carbocycles. The van der Waals surface area contributed by atoms with Gasteiger partial charge >= 0.3 is 0 Å². The zero-order valence-electron chi connectivity index (χ0n) is 10.7. The molecule has 1 heterocycles. The number of nitriles is 1. The van der Waals surface area contributed by atoms with E-state index in [0.29, 0.717) is 0 Å². The Kier molecular flexibility index (Phi) is 4.90. The van der Waals surface area contributed by atoms with E-state index in [0.717, 1.165) is 17.3 Å². The van der Waals surface area contributed by atoms with Crippen molar-refractivity contribution >= 4 is 11.3 Å². The fourth-order valence-corrected chi connectivity index (χ4v) is 2.23. The molecule has 1 unspecified atom stereocenters. The Bertz CT molecular complexity index is 531. The van der Waals surface area contributed by atoms with Gasteiger partial charge in [-0.15, -0.1) is 11.3 Å². The quantitative estimate of drug-likeness (QED) is 0.879. The summed E-state index contributed by atoms with van der Waals surface area (Å²) in [5.74, 6) is 0.720.